The van der Waals surface area contributed by atoms with E-state index in [-0.39, 0.29) is 5.91 Å². The summed E-state index contributed by atoms with van der Waals surface area (Å²) in [6.45, 7) is 5.11. The largest absolute Gasteiger partial charge is 0.354 e. The highest BCUT2D eigenvalue weighted by Crippen LogP contribution is 2.27. The number of fused-ring (bicyclic) bond motifs is 1. The van der Waals surface area contributed by atoms with Crippen molar-refractivity contribution in [3.63, 3.8) is 0 Å². The first kappa shape index (κ1) is 21.1. The third kappa shape index (κ3) is 4.31. The molecule has 0 radical (unpaired) electrons. The fourth-order valence-corrected chi connectivity index (χ4v) is 4.37. The number of aryl methyl sites for hydroxylation is 1. The van der Waals surface area contributed by atoms with Gasteiger partial charge < -0.3 is 9.80 Å². The Morgan fingerprint density at radius 2 is 1.67 bits per heavy atom. The van der Waals surface area contributed by atoms with Crippen LogP contribution in [-0.4, -0.2) is 56.7 Å². The number of nitrogens with zero attached hydrogens (tertiary/aromatic N) is 6. The van der Waals surface area contributed by atoms with Gasteiger partial charge in [-0.1, -0.05) is 43.3 Å². The molecule has 33 heavy (non-hydrogen) atoms. The Hall–Kier alpha value is -3.74. The monoisotopic (exact) mass is 440 g/mol. The maximum atomic E-state index is 13.0. The number of aromatic nitrogens is 4. The molecule has 4 aromatic rings. The first-order chi connectivity index (χ1) is 16.2. The van der Waals surface area contributed by atoms with Gasteiger partial charge >= 0.3 is 0 Å². The van der Waals surface area contributed by atoms with Crippen molar-refractivity contribution < 1.29 is 4.79 Å². The van der Waals surface area contributed by atoms with E-state index < -0.39 is 0 Å². The minimum Gasteiger partial charge on any atom is -0.354 e. The van der Waals surface area contributed by atoms with Crippen LogP contribution in [0.4, 0.5) is 5.82 Å². The molecule has 7 heteroatoms. The number of hydrogen-bond acceptors (Lipinski definition) is 5. The number of anilines is 1. The molecule has 1 aliphatic heterocycles. The topological polar surface area (TPSA) is 67.2 Å². The van der Waals surface area contributed by atoms with Gasteiger partial charge in [0.25, 0.3) is 5.91 Å². The molecule has 0 atom stereocenters. The number of para-hydroxylation sites is 1. The highest BCUT2D eigenvalue weighted by Gasteiger charge is 2.24. The molecule has 7 nitrogen and oxygen atoms in total. The molecular weight excluding hydrogens is 412 g/mol. The summed E-state index contributed by atoms with van der Waals surface area (Å²) in [6.07, 6.45) is 4.55. The molecule has 1 amide bonds. The van der Waals surface area contributed by atoms with Crippen LogP contribution >= 0.6 is 0 Å². The molecular formula is C26H28N6O. The zero-order valence-corrected chi connectivity index (χ0v) is 18.9. The lowest BCUT2D eigenvalue weighted by atomic mass is 10.2. The predicted molar refractivity (Wildman–Crippen MR) is 130 cm³/mol. The fourth-order valence-electron chi connectivity index (χ4n) is 4.37. The van der Waals surface area contributed by atoms with Gasteiger partial charge in [0.15, 0.2) is 5.65 Å². The van der Waals surface area contributed by atoms with Crippen LogP contribution in [0.15, 0.2) is 66.9 Å². The molecule has 0 N–H and O–H groups in total. The van der Waals surface area contributed by atoms with Gasteiger partial charge in [-0.25, -0.2) is 14.6 Å². The Balaban J connectivity index is 1.46. The highest BCUT2D eigenvalue weighted by molar-refractivity contribution is 5.94. The van der Waals surface area contributed by atoms with Crippen LogP contribution in [0, 0.1) is 0 Å². The summed E-state index contributed by atoms with van der Waals surface area (Å²) < 4.78 is 1.89. The summed E-state index contributed by atoms with van der Waals surface area (Å²) in [5.74, 6) is 1.84. The molecule has 2 aromatic heterocycles. The molecule has 1 fully saturated rings. The Morgan fingerprint density at radius 3 is 2.42 bits per heavy atom. The van der Waals surface area contributed by atoms with Crippen molar-refractivity contribution in [3.8, 4) is 5.69 Å². The van der Waals surface area contributed by atoms with E-state index in [4.69, 9.17) is 9.97 Å². The van der Waals surface area contributed by atoms with Crippen LogP contribution in [0.3, 0.4) is 0 Å². The average molecular weight is 441 g/mol. The van der Waals surface area contributed by atoms with Gasteiger partial charge in [-0.3, -0.25) is 4.79 Å². The molecule has 0 bridgehead atoms. The third-order valence-corrected chi connectivity index (χ3v) is 6.03. The standard InChI is InChI=1S/C26H28N6O/c1-2-10-23-28-24(22-19-27-32(25(22)29-23)21-13-7-4-8-14-21)30-15-9-16-31(18-17-30)26(33)20-11-5-3-6-12-20/h3-8,11-14,19H,2,9-10,15-18H2,1H3. The Bertz CT molecular complexity index is 1240. The van der Waals surface area contributed by atoms with Crippen LogP contribution in [0.25, 0.3) is 16.7 Å². The minimum absolute atomic E-state index is 0.0915. The van der Waals surface area contributed by atoms with E-state index >= 15 is 0 Å². The van der Waals surface area contributed by atoms with E-state index in [0.717, 1.165) is 72.8 Å². The predicted octanol–water partition coefficient (Wildman–Crippen LogP) is 4.12. The lowest BCUT2D eigenvalue weighted by molar-refractivity contribution is 0.0767. The summed E-state index contributed by atoms with van der Waals surface area (Å²) in [4.78, 5) is 27.0. The lowest BCUT2D eigenvalue weighted by Gasteiger charge is -2.24. The van der Waals surface area contributed by atoms with Crippen molar-refractivity contribution in [2.75, 3.05) is 31.1 Å². The maximum Gasteiger partial charge on any atom is 0.253 e. The molecule has 3 heterocycles. The molecule has 0 saturated carbocycles. The van der Waals surface area contributed by atoms with E-state index in [9.17, 15) is 4.79 Å². The molecule has 2 aromatic carbocycles. The van der Waals surface area contributed by atoms with Crippen molar-refractivity contribution >= 4 is 22.8 Å². The highest BCUT2D eigenvalue weighted by atomic mass is 16.2. The number of carbonyl (C=O) groups excluding carboxylic acids is 1. The third-order valence-electron chi connectivity index (χ3n) is 6.03. The van der Waals surface area contributed by atoms with Crippen molar-refractivity contribution in [1.82, 2.24) is 24.6 Å². The summed E-state index contributed by atoms with van der Waals surface area (Å²) in [6, 6.07) is 19.6. The maximum absolute atomic E-state index is 13.0. The van der Waals surface area contributed by atoms with Crippen LogP contribution in [0.5, 0.6) is 0 Å². The van der Waals surface area contributed by atoms with Gasteiger partial charge in [-0.2, -0.15) is 5.10 Å². The molecule has 5 rings (SSSR count). The zero-order valence-electron chi connectivity index (χ0n) is 18.9. The molecule has 0 aliphatic carbocycles. The average Bonchev–Trinajstić information content (AvgIpc) is 3.13. The van der Waals surface area contributed by atoms with Crippen molar-refractivity contribution in [2.45, 2.75) is 26.2 Å². The van der Waals surface area contributed by atoms with E-state index in [0.29, 0.717) is 6.54 Å². The Kier molecular flexibility index (Phi) is 6.02. The summed E-state index contributed by atoms with van der Waals surface area (Å²) in [5.41, 5.74) is 2.55. The first-order valence-corrected chi connectivity index (χ1v) is 11.6. The van der Waals surface area contributed by atoms with Gasteiger partial charge in [0.2, 0.25) is 0 Å². The van der Waals surface area contributed by atoms with Gasteiger partial charge in [-0.15, -0.1) is 0 Å². The second kappa shape index (κ2) is 9.40. The van der Waals surface area contributed by atoms with Gasteiger partial charge in [0, 0.05) is 38.2 Å². The second-order valence-electron chi connectivity index (χ2n) is 8.34. The minimum atomic E-state index is 0.0915. The van der Waals surface area contributed by atoms with Crippen molar-refractivity contribution in [1.29, 1.82) is 0 Å². The lowest BCUT2D eigenvalue weighted by Crippen LogP contribution is -2.35. The van der Waals surface area contributed by atoms with Crippen molar-refractivity contribution in [2.24, 2.45) is 0 Å². The van der Waals surface area contributed by atoms with E-state index in [1.165, 1.54) is 0 Å². The molecule has 0 spiro atoms. The number of amides is 1. The normalized spacial score (nSPS) is 14.5. The number of benzene rings is 2. The van der Waals surface area contributed by atoms with Crippen molar-refractivity contribution in [3.05, 3.63) is 78.2 Å². The fraction of sp³-hybridized carbons (Fsp3) is 0.308. The molecule has 1 saturated heterocycles. The van der Waals surface area contributed by atoms with Gasteiger partial charge in [0.05, 0.1) is 17.3 Å². The van der Waals surface area contributed by atoms with E-state index in [2.05, 4.69) is 16.9 Å². The SMILES string of the molecule is CCCc1nc(N2CCCN(C(=O)c3ccccc3)CC2)c2cnn(-c3ccccc3)c2n1. The van der Waals surface area contributed by atoms with Gasteiger partial charge in [0.1, 0.15) is 11.6 Å². The number of carbonyl (C=O) groups is 1. The number of hydrogen-bond donors (Lipinski definition) is 0. The zero-order chi connectivity index (χ0) is 22.6. The molecule has 168 valence electrons. The summed E-state index contributed by atoms with van der Waals surface area (Å²) >= 11 is 0. The Morgan fingerprint density at radius 1 is 0.909 bits per heavy atom. The summed E-state index contributed by atoms with van der Waals surface area (Å²) in [7, 11) is 0. The van der Waals surface area contributed by atoms with Crippen LogP contribution in [-0.2, 0) is 6.42 Å². The summed E-state index contributed by atoms with van der Waals surface area (Å²) in [5, 5.41) is 5.60. The first-order valence-electron chi connectivity index (χ1n) is 11.6. The van der Waals surface area contributed by atoms with E-state index in [1.54, 1.807) is 0 Å². The molecule has 1 aliphatic rings. The Labute approximate surface area is 193 Å². The second-order valence-corrected chi connectivity index (χ2v) is 8.34. The van der Waals surface area contributed by atoms with Crippen LogP contribution < -0.4 is 4.90 Å². The quantitative estimate of drug-likeness (QED) is 0.467. The van der Waals surface area contributed by atoms with Crippen LogP contribution in [0.2, 0.25) is 0 Å². The smallest absolute Gasteiger partial charge is 0.253 e. The molecule has 0 unspecified atom stereocenters. The van der Waals surface area contributed by atoms with Crippen LogP contribution in [0.1, 0.15) is 35.9 Å². The van der Waals surface area contributed by atoms with Gasteiger partial charge in [-0.05, 0) is 37.1 Å². The number of rotatable bonds is 5. The van der Waals surface area contributed by atoms with E-state index in [1.807, 2.05) is 76.4 Å².